The highest BCUT2D eigenvalue weighted by Gasteiger charge is 2.27. The molecule has 14 heavy (non-hydrogen) atoms. The smallest absolute Gasteiger partial charge is 0.427 e. The molecule has 0 atom stereocenters. The van der Waals surface area contributed by atoms with E-state index in [9.17, 15) is 4.79 Å². The molecule has 0 aromatic rings. The Morgan fingerprint density at radius 2 is 1.29 bits per heavy atom. The van der Waals surface area contributed by atoms with Crippen molar-refractivity contribution in [1.82, 2.24) is 0 Å². The van der Waals surface area contributed by atoms with Gasteiger partial charge in [0.15, 0.2) is 0 Å². The van der Waals surface area contributed by atoms with Crippen molar-refractivity contribution in [2.24, 2.45) is 0 Å². The van der Waals surface area contributed by atoms with Crippen LogP contribution in [-0.4, -0.2) is 28.9 Å². The van der Waals surface area contributed by atoms with E-state index < -0.39 is 17.4 Å². The van der Waals surface area contributed by atoms with Crippen molar-refractivity contribution in [2.75, 3.05) is 11.5 Å². The molecule has 0 radical (unpaired) electrons. The predicted octanol–water partition coefficient (Wildman–Crippen LogP) is 2.56. The Balaban J connectivity index is 4.12. The zero-order valence-corrected chi connectivity index (χ0v) is 10.8. The van der Waals surface area contributed by atoms with E-state index in [0.29, 0.717) is 11.5 Å². The third-order valence-corrected chi connectivity index (χ3v) is 3.00. The zero-order valence-electron chi connectivity index (χ0n) is 9.03. The van der Waals surface area contributed by atoms with Crippen LogP contribution < -0.4 is 0 Å². The van der Waals surface area contributed by atoms with Crippen molar-refractivity contribution in [1.29, 1.82) is 0 Å². The second kappa shape index (κ2) is 5.16. The number of carbonyl (C=O) groups excluding carboxylic acids is 1. The van der Waals surface area contributed by atoms with E-state index in [2.05, 4.69) is 25.3 Å². The van der Waals surface area contributed by atoms with E-state index >= 15 is 0 Å². The molecule has 3 nitrogen and oxygen atoms in total. The molecule has 84 valence electrons. The van der Waals surface area contributed by atoms with Gasteiger partial charge in [-0.05, 0) is 27.7 Å². The third kappa shape index (κ3) is 5.65. The van der Waals surface area contributed by atoms with Gasteiger partial charge in [0.25, 0.3) is 0 Å². The van der Waals surface area contributed by atoms with Gasteiger partial charge in [0.1, 0.15) is 11.2 Å². The van der Waals surface area contributed by atoms with Gasteiger partial charge in [-0.1, -0.05) is 0 Å². The Kier molecular flexibility index (Phi) is 5.15. The van der Waals surface area contributed by atoms with E-state index in [1.54, 1.807) is 27.7 Å². The molecule has 0 saturated heterocycles. The summed E-state index contributed by atoms with van der Waals surface area (Å²) >= 11 is 8.12. The lowest BCUT2D eigenvalue weighted by Crippen LogP contribution is -2.36. The van der Waals surface area contributed by atoms with E-state index in [1.165, 1.54) is 0 Å². The van der Waals surface area contributed by atoms with Crippen LogP contribution in [0.2, 0.25) is 0 Å². The summed E-state index contributed by atoms with van der Waals surface area (Å²) in [5, 5.41) is 0. The highest BCUT2D eigenvalue weighted by atomic mass is 32.1. The Bertz CT molecular complexity index is 182. The second-order valence-electron chi connectivity index (χ2n) is 4.29. The Labute approximate surface area is 96.4 Å². The lowest BCUT2D eigenvalue weighted by atomic mass is 10.2. The molecule has 0 aliphatic rings. The normalized spacial score (nSPS) is 12.4. The molecule has 0 amide bonds. The first-order valence-corrected chi connectivity index (χ1v) is 5.63. The Morgan fingerprint density at radius 1 is 1.00 bits per heavy atom. The topological polar surface area (TPSA) is 35.5 Å². The predicted molar refractivity (Wildman–Crippen MR) is 63.4 cm³/mol. The van der Waals surface area contributed by atoms with Crippen LogP contribution in [0, 0.1) is 0 Å². The molecule has 0 aliphatic carbocycles. The van der Waals surface area contributed by atoms with Crippen molar-refractivity contribution >= 4 is 31.4 Å². The summed E-state index contributed by atoms with van der Waals surface area (Å²) in [6.07, 6.45) is -0.678. The standard InChI is InChI=1S/C9H18O3S2/c1-8(2,5-13)11-7(10)12-9(3,4)6-14/h13-14H,5-6H2,1-4H3. The zero-order chi connectivity index (χ0) is 11.4. The van der Waals surface area contributed by atoms with Gasteiger partial charge < -0.3 is 9.47 Å². The quantitative estimate of drug-likeness (QED) is 0.583. The number of thiol groups is 2. The average Bonchev–Trinajstić information content (AvgIpc) is 2.02. The summed E-state index contributed by atoms with van der Waals surface area (Å²) < 4.78 is 10.1. The first kappa shape index (κ1) is 14.0. The van der Waals surface area contributed by atoms with E-state index in [-0.39, 0.29) is 0 Å². The van der Waals surface area contributed by atoms with Crippen LogP contribution in [0.15, 0.2) is 0 Å². The minimum Gasteiger partial charge on any atom is -0.427 e. The van der Waals surface area contributed by atoms with E-state index in [4.69, 9.17) is 9.47 Å². The second-order valence-corrected chi connectivity index (χ2v) is 4.92. The van der Waals surface area contributed by atoms with Crippen molar-refractivity contribution in [3.05, 3.63) is 0 Å². The van der Waals surface area contributed by atoms with Crippen molar-refractivity contribution < 1.29 is 14.3 Å². The molecule has 0 saturated carbocycles. The number of carbonyl (C=O) groups is 1. The van der Waals surface area contributed by atoms with E-state index in [0.717, 1.165) is 0 Å². The van der Waals surface area contributed by atoms with Crippen LogP contribution >= 0.6 is 25.3 Å². The van der Waals surface area contributed by atoms with Gasteiger partial charge in [0.05, 0.1) is 0 Å². The third-order valence-electron chi connectivity index (χ3n) is 1.48. The summed E-state index contributed by atoms with van der Waals surface area (Å²) in [6, 6.07) is 0. The summed E-state index contributed by atoms with van der Waals surface area (Å²) in [7, 11) is 0. The van der Waals surface area contributed by atoms with Crippen LogP contribution in [0.1, 0.15) is 27.7 Å². The van der Waals surface area contributed by atoms with Gasteiger partial charge in [0, 0.05) is 11.5 Å². The fourth-order valence-corrected chi connectivity index (χ4v) is 0.666. The fourth-order valence-electron chi connectivity index (χ4n) is 0.537. The molecule has 0 spiro atoms. The summed E-state index contributed by atoms with van der Waals surface area (Å²) in [4.78, 5) is 11.3. The number of hydrogen-bond acceptors (Lipinski definition) is 5. The molecular formula is C9H18O3S2. The molecule has 0 fully saturated rings. The SMILES string of the molecule is CC(C)(CS)OC(=O)OC(C)(C)CS. The van der Waals surface area contributed by atoms with Gasteiger partial charge in [-0.15, -0.1) is 0 Å². The Hall–Kier alpha value is -0.0300. The number of hydrogen-bond donors (Lipinski definition) is 2. The maximum absolute atomic E-state index is 11.3. The van der Waals surface area contributed by atoms with Crippen LogP contribution in [0.4, 0.5) is 4.79 Å². The van der Waals surface area contributed by atoms with Gasteiger partial charge in [-0.25, -0.2) is 4.79 Å². The summed E-state index contributed by atoms with van der Waals surface area (Å²) in [5.74, 6) is 0.896. The molecule has 0 aliphatic heterocycles. The van der Waals surface area contributed by atoms with Crippen LogP contribution in [0.3, 0.4) is 0 Å². The maximum Gasteiger partial charge on any atom is 0.509 e. The number of ether oxygens (including phenoxy) is 2. The Morgan fingerprint density at radius 3 is 1.50 bits per heavy atom. The first-order chi connectivity index (χ1) is 6.22. The minimum atomic E-state index is -0.678. The molecular weight excluding hydrogens is 220 g/mol. The van der Waals surface area contributed by atoms with Crippen molar-refractivity contribution in [3.8, 4) is 0 Å². The van der Waals surface area contributed by atoms with E-state index in [1.807, 2.05) is 0 Å². The minimum absolute atomic E-state index is 0.448. The molecule has 0 N–H and O–H groups in total. The maximum atomic E-state index is 11.3. The summed E-state index contributed by atoms with van der Waals surface area (Å²) in [6.45, 7) is 7.09. The van der Waals surface area contributed by atoms with Crippen molar-refractivity contribution in [2.45, 2.75) is 38.9 Å². The van der Waals surface area contributed by atoms with Gasteiger partial charge in [-0.2, -0.15) is 25.3 Å². The molecule has 0 heterocycles. The average molecular weight is 238 g/mol. The van der Waals surface area contributed by atoms with Gasteiger partial charge >= 0.3 is 6.16 Å². The van der Waals surface area contributed by atoms with Crippen LogP contribution in [0.5, 0.6) is 0 Å². The summed E-state index contributed by atoms with van der Waals surface area (Å²) in [5.41, 5.74) is -1.21. The lowest BCUT2D eigenvalue weighted by Gasteiger charge is -2.27. The fraction of sp³-hybridized carbons (Fsp3) is 0.889. The molecule has 0 aromatic carbocycles. The molecule has 0 bridgehead atoms. The highest BCUT2D eigenvalue weighted by Crippen LogP contribution is 2.16. The molecule has 0 unspecified atom stereocenters. The molecule has 0 aromatic heterocycles. The van der Waals surface area contributed by atoms with Gasteiger partial charge in [-0.3, -0.25) is 0 Å². The highest BCUT2D eigenvalue weighted by molar-refractivity contribution is 7.80. The molecule has 0 rings (SSSR count). The van der Waals surface area contributed by atoms with Crippen LogP contribution in [0.25, 0.3) is 0 Å². The largest absolute Gasteiger partial charge is 0.509 e. The molecule has 5 heteroatoms. The monoisotopic (exact) mass is 238 g/mol. The number of rotatable bonds is 4. The van der Waals surface area contributed by atoms with Gasteiger partial charge in [0.2, 0.25) is 0 Å². The first-order valence-electron chi connectivity index (χ1n) is 4.36. The lowest BCUT2D eigenvalue weighted by molar-refractivity contribution is -0.0435. The van der Waals surface area contributed by atoms with Crippen molar-refractivity contribution in [3.63, 3.8) is 0 Å². The van der Waals surface area contributed by atoms with Crippen LogP contribution in [-0.2, 0) is 9.47 Å².